The van der Waals surface area contributed by atoms with E-state index in [1.807, 2.05) is 0 Å². The van der Waals surface area contributed by atoms with E-state index in [1.54, 1.807) is 0 Å². The van der Waals surface area contributed by atoms with Crippen molar-refractivity contribution < 1.29 is 18.3 Å². The van der Waals surface area contributed by atoms with Gasteiger partial charge in [-0.3, -0.25) is 0 Å². The van der Waals surface area contributed by atoms with Crippen LogP contribution in [0, 0.1) is 0 Å². The predicted molar refractivity (Wildman–Crippen MR) is 64.5 cm³/mol. The molecule has 0 amide bonds. The molecule has 0 saturated heterocycles. The number of nitrogen functional groups attached to an aromatic ring is 1. The molecule has 0 radical (unpaired) electrons. The molecule has 2 rings (SSSR count). The topological polar surface area (TPSA) is 119 Å². The van der Waals surface area contributed by atoms with Gasteiger partial charge in [0.2, 0.25) is 11.9 Å². The molecule has 0 unspecified atom stereocenters. The van der Waals surface area contributed by atoms with Gasteiger partial charge in [0.25, 0.3) is 5.95 Å². The van der Waals surface area contributed by atoms with Gasteiger partial charge in [0.1, 0.15) is 19.2 Å². The van der Waals surface area contributed by atoms with E-state index in [-0.39, 0.29) is 24.4 Å². The maximum absolute atomic E-state index is 12.5. The van der Waals surface area contributed by atoms with Crippen LogP contribution < -0.4 is 10.6 Å². The highest BCUT2D eigenvalue weighted by atomic mass is 19.4. The van der Waals surface area contributed by atoms with Gasteiger partial charge in [0.15, 0.2) is 0 Å². The van der Waals surface area contributed by atoms with E-state index in [2.05, 4.69) is 25.0 Å². The summed E-state index contributed by atoms with van der Waals surface area (Å²) in [5, 5.41) is 12.6. The summed E-state index contributed by atoms with van der Waals surface area (Å²) in [5.41, 5.74) is 5.47. The van der Waals surface area contributed by atoms with Gasteiger partial charge in [0, 0.05) is 6.54 Å². The molecular weight excluding hydrogens is 293 g/mol. The minimum atomic E-state index is -4.48. The van der Waals surface area contributed by atoms with Gasteiger partial charge in [-0.15, -0.1) is 0 Å². The van der Waals surface area contributed by atoms with E-state index in [0.29, 0.717) is 0 Å². The highest BCUT2D eigenvalue weighted by Gasteiger charge is 2.32. The van der Waals surface area contributed by atoms with E-state index < -0.39 is 19.3 Å². The summed E-state index contributed by atoms with van der Waals surface area (Å²) in [6, 6.07) is 0. The zero-order valence-corrected chi connectivity index (χ0v) is 10.6. The standard InChI is InChI=1S/C9H11F3N8O/c10-9(11,12)3-19(1-2-21)7-16-6(13)17-8(18-7)20-5-14-4-15-20/h4-5,21H,1-3H2,(H2,13,16,17,18). The number of halogens is 3. The van der Waals surface area contributed by atoms with Crippen LogP contribution in [0.25, 0.3) is 5.95 Å². The summed E-state index contributed by atoms with van der Waals surface area (Å²) >= 11 is 0. The SMILES string of the molecule is Nc1nc(N(CCO)CC(F)(F)F)nc(-n2cncn2)n1. The van der Waals surface area contributed by atoms with Gasteiger partial charge in [-0.1, -0.05) is 0 Å². The number of aliphatic hydroxyl groups excluding tert-OH is 1. The van der Waals surface area contributed by atoms with Gasteiger partial charge in [-0.25, -0.2) is 4.98 Å². The average molecular weight is 304 g/mol. The molecule has 114 valence electrons. The van der Waals surface area contributed by atoms with Gasteiger partial charge < -0.3 is 15.7 Å². The van der Waals surface area contributed by atoms with E-state index in [1.165, 1.54) is 12.7 Å². The number of hydrogen-bond acceptors (Lipinski definition) is 8. The number of aliphatic hydroxyl groups is 1. The molecule has 0 aliphatic rings. The van der Waals surface area contributed by atoms with Crippen LogP contribution in [0.2, 0.25) is 0 Å². The molecule has 21 heavy (non-hydrogen) atoms. The molecule has 0 fully saturated rings. The largest absolute Gasteiger partial charge is 0.406 e. The minimum Gasteiger partial charge on any atom is -0.395 e. The molecule has 2 aromatic heterocycles. The number of anilines is 2. The summed E-state index contributed by atoms with van der Waals surface area (Å²) < 4.78 is 38.7. The van der Waals surface area contributed by atoms with Crippen molar-refractivity contribution in [1.29, 1.82) is 0 Å². The smallest absolute Gasteiger partial charge is 0.395 e. The van der Waals surface area contributed by atoms with E-state index in [4.69, 9.17) is 10.8 Å². The molecule has 2 heterocycles. The second-order valence-corrected chi connectivity index (χ2v) is 3.89. The van der Waals surface area contributed by atoms with Crippen molar-refractivity contribution in [3.63, 3.8) is 0 Å². The first-order valence-corrected chi connectivity index (χ1v) is 5.68. The highest BCUT2D eigenvalue weighted by molar-refractivity contribution is 5.37. The Balaban J connectivity index is 2.36. The van der Waals surface area contributed by atoms with Crippen molar-refractivity contribution in [3.8, 4) is 5.95 Å². The zero-order valence-electron chi connectivity index (χ0n) is 10.6. The second-order valence-electron chi connectivity index (χ2n) is 3.89. The Labute approximate surface area is 116 Å². The van der Waals surface area contributed by atoms with Gasteiger partial charge >= 0.3 is 6.18 Å². The van der Waals surface area contributed by atoms with Crippen LogP contribution in [0.3, 0.4) is 0 Å². The lowest BCUT2D eigenvalue weighted by atomic mass is 10.5. The van der Waals surface area contributed by atoms with E-state index >= 15 is 0 Å². The third-order valence-corrected chi connectivity index (χ3v) is 2.28. The van der Waals surface area contributed by atoms with Crippen LogP contribution in [-0.4, -0.2) is 60.7 Å². The lowest BCUT2D eigenvalue weighted by Gasteiger charge is -2.23. The molecule has 0 saturated carbocycles. The lowest BCUT2D eigenvalue weighted by molar-refractivity contribution is -0.120. The van der Waals surface area contributed by atoms with Crippen molar-refractivity contribution in [3.05, 3.63) is 12.7 Å². The molecular formula is C9H11F3N8O. The fourth-order valence-corrected chi connectivity index (χ4v) is 1.51. The van der Waals surface area contributed by atoms with Crippen molar-refractivity contribution in [2.24, 2.45) is 0 Å². The number of nitrogens with two attached hydrogens (primary N) is 1. The molecule has 3 N–H and O–H groups in total. The molecule has 0 spiro atoms. The molecule has 9 nitrogen and oxygen atoms in total. The number of alkyl halides is 3. The van der Waals surface area contributed by atoms with Gasteiger partial charge in [-0.2, -0.15) is 37.9 Å². The summed E-state index contributed by atoms with van der Waals surface area (Å²) in [5.74, 6) is -0.643. The first-order valence-electron chi connectivity index (χ1n) is 5.68. The number of rotatable bonds is 5. The van der Waals surface area contributed by atoms with Crippen LogP contribution in [0.5, 0.6) is 0 Å². The molecule has 0 aliphatic carbocycles. The van der Waals surface area contributed by atoms with Crippen molar-refractivity contribution >= 4 is 11.9 Å². The third-order valence-electron chi connectivity index (χ3n) is 2.28. The fraction of sp³-hybridized carbons (Fsp3) is 0.444. The summed E-state index contributed by atoms with van der Waals surface area (Å²) in [4.78, 5) is 15.7. The molecule has 12 heteroatoms. The quantitative estimate of drug-likeness (QED) is 0.751. The molecule has 2 aromatic rings. The normalized spacial score (nSPS) is 11.6. The average Bonchev–Trinajstić information content (AvgIpc) is 2.90. The predicted octanol–water partition coefficient (Wildman–Crippen LogP) is -0.605. The zero-order chi connectivity index (χ0) is 15.5. The molecule has 0 aliphatic heterocycles. The Morgan fingerprint density at radius 2 is 2.05 bits per heavy atom. The monoisotopic (exact) mass is 304 g/mol. The maximum atomic E-state index is 12.5. The number of aromatic nitrogens is 6. The Hall–Kier alpha value is -2.50. The Morgan fingerprint density at radius 3 is 2.62 bits per heavy atom. The first-order chi connectivity index (χ1) is 9.89. The highest BCUT2D eigenvalue weighted by Crippen LogP contribution is 2.20. The first kappa shape index (κ1) is 14.9. The minimum absolute atomic E-state index is 0.0693. The number of hydrogen-bond donors (Lipinski definition) is 2. The van der Waals surface area contributed by atoms with Crippen LogP contribution in [-0.2, 0) is 0 Å². The number of nitrogens with zero attached hydrogens (tertiary/aromatic N) is 7. The van der Waals surface area contributed by atoms with Crippen LogP contribution in [0.15, 0.2) is 12.7 Å². The van der Waals surface area contributed by atoms with Crippen LogP contribution in [0.4, 0.5) is 25.1 Å². The van der Waals surface area contributed by atoms with Crippen molar-refractivity contribution in [2.45, 2.75) is 6.18 Å². The molecule has 0 aromatic carbocycles. The Morgan fingerprint density at radius 1 is 1.29 bits per heavy atom. The van der Waals surface area contributed by atoms with Crippen LogP contribution in [0.1, 0.15) is 0 Å². The van der Waals surface area contributed by atoms with Gasteiger partial charge in [0.05, 0.1) is 6.61 Å². The fourth-order valence-electron chi connectivity index (χ4n) is 1.51. The molecule has 0 bridgehead atoms. The van der Waals surface area contributed by atoms with Gasteiger partial charge in [-0.05, 0) is 0 Å². The maximum Gasteiger partial charge on any atom is 0.406 e. The second kappa shape index (κ2) is 5.87. The summed E-state index contributed by atoms with van der Waals surface area (Å²) in [7, 11) is 0. The lowest BCUT2D eigenvalue weighted by Crippen LogP contribution is -2.37. The Kier molecular flexibility index (Phi) is 4.16. The van der Waals surface area contributed by atoms with Crippen molar-refractivity contribution in [1.82, 2.24) is 29.7 Å². The van der Waals surface area contributed by atoms with E-state index in [0.717, 1.165) is 9.58 Å². The summed E-state index contributed by atoms with van der Waals surface area (Å²) in [6.07, 6.45) is -2.01. The van der Waals surface area contributed by atoms with Crippen LogP contribution >= 0.6 is 0 Å². The summed E-state index contributed by atoms with van der Waals surface area (Å²) in [6.45, 7) is -2.13. The Bertz CT molecular complexity index is 587. The van der Waals surface area contributed by atoms with E-state index in [9.17, 15) is 13.2 Å². The third kappa shape index (κ3) is 3.98. The molecule has 0 atom stereocenters. The van der Waals surface area contributed by atoms with Crippen molar-refractivity contribution in [2.75, 3.05) is 30.3 Å².